The van der Waals surface area contributed by atoms with E-state index in [0.29, 0.717) is 11.1 Å². The van der Waals surface area contributed by atoms with E-state index in [9.17, 15) is 26.2 Å². The summed E-state index contributed by atoms with van der Waals surface area (Å²) in [5, 5.41) is 0.167. The molecule has 1 heterocycles. The van der Waals surface area contributed by atoms with Gasteiger partial charge in [0.05, 0.1) is 10.8 Å². The third kappa shape index (κ3) is 3.93. The van der Waals surface area contributed by atoms with Crippen molar-refractivity contribution in [2.24, 2.45) is 0 Å². The summed E-state index contributed by atoms with van der Waals surface area (Å²) >= 11 is 6.14. The van der Waals surface area contributed by atoms with Gasteiger partial charge in [-0.2, -0.15) is 13.2 Å². The Balaban J connectivity index is 2.02. The van der Waals surface area contributed by atoms with E-state index >= 15 is 0 Å². The van der Waals surface area contributed by atoms with Crippen LogP contribution in [-0.4, -0.2) is 22.4 Å². The highest BCUT2D eigenvalue weighted by Crippen LogP contribution is 2.44. The first kappa shape index (κ1) is 18.9. The maximum atomic E-state index is 13.1. The number of fused-ring (bicyclic) bond motifs is 1. The standard InChI is InChI=1S/C16H10ClF5O3S/c1-8-4-11(17)10(6-14(8)26(23)7-15(18,19)20)9-2-3-12-13(5-9)25-16(21,22)24-12/h2-6H,7H2,1H3. The van der Waals surface area contributed by atoms with E-state index in [2.05, 4.69) is 9.47 Å². The van der Waals surface area contributed by atoms with E-state index in [-0.39, 0.29) is 27.0 Å². The maximum Gasteiger partial charge on any atom is 0.586 e. The number of aryl methyl sites for hydroxylation is 1. The van der Waals surface area contributed by atoms with Gasteiger partial charge in [-0.15, -0.1) is 8.78 Å². The summed E-state index contributed by atoms with van der Waals surface area (Å²) in [5.74, 6) is -1.91. The van der Waals surface area contributed by atoms with Gasteiger partial charge in [0.15, 0.2) is 11.5 Å². The first-order valence-corrected chi connectivity index (χ1v) is 8.80. The molecule has 0 aromatic heterocycles. The van der Waals surface area contributed by atoms with E-state index in [0.717, 1.165) is 0 Å². The van der Waals surface area contributed by atoms with Crippen LogP contribution in [0.3, 0.4) is 0 Å². The van der Waals surface area contributed by atoms with Gasteiger partial charge in [-0.05, 0) is 42.3 Å². The second-order valence-corrected chi connectivity index (χ2v) is 7.36. The number of alkyl halides is 5. The molecule has 10 heteroatoms. The Morgan fingerprint density at radius 1 is 1.12 bits per heavy atom. The number of hydrogen-bond acceptors (Lipinski definition) is 3. The van der Waals surface area contributed by atoms with Gasteiger partial charge >= 0.3 is 12.5 Å². The summed E-state index contributed by atoms with van der Waals surface area (Å²) in [6, 6.07) is 6.49. The summed E-state index contributed by atoms with van der Waals surface area (Å²) in [5.41, 5.74) is 0.873. The highest BCUT2D eigenvalue weighted by molar-refractivity contribution is 7.85. The average Bonchev–Trinajstić information content (AvgIpc) is 2.78. The predicted molar refractivity (Wildman–Crippen MR) is 85.2 cm³/mol. The first-order valence-electron chi connectivity index (χ1n) is 7.11. The molecule has 1 atom stereocenters. The van der Waals surface area contributed by atoms with Gasteiger partial charge in [-0.3, -0.25) is 4.21 Å². The normalized spacial score (nSPS) is 16.6. The lowest BCUT2D eigenvalue weighted by Crippen LogP contribution is -2.25. The third-order valence-electron chi connectivity index (χ3n) is 3.52. The van der Waals surface area contributed by atoms with Gasteiger partial charge in [0.2, 0.25) is 0 Å². The van der Waals surface area contributed by atoms with Crippen LogP contribution in [0.15, 0.2) is 35.2 Å². The van der Waals surface area contributed by atoms with Crippen molar-refractivity contribution >= 4 is 22.4 Å². The number of rotatable bonds is 3. The summed E-state index contributed by atoms with van der Waals surface area (Å²) < 4.78 is 84.5. The molecule has 0 fully saturated rings. The monoisotopic (exact) mass is 412 g/mol. The number of halogens is 6. The van der Waals surface area contributed by atoms with Crippen molar-refractivity contribution in [2.45, 2.75) is 24.3 Å². The predicted octanol–water partition coefficient (Wildman–Crippen LogP) is 5.31. The Bertz CT molecular complexity index is 898. The Morgan fingerprint density at radius 3 is 2.42 bits per heavy atom. The van der Waals surface area contributed by atoms with Gasteiger partial charge in [-0.25, -0.2) is 0 Å². The van der Waals surface area contributed by atoms with Crippen LogP contribution in [-0.2, 0) is 10.8 Å². The number of benzene rings is 2. The molecule has 0 spiro atoms. The van der Waals surface area contributed by atoms with Crippen LogP contribution in [0.5, 0.6) is 11.5 Å². The lowest BCUT2D eigenvalue weighted by molar-refractivity contribution is -0.286. The largest absolute Gasteiger partial charge is 0.586 e. The van der Waals surface area contributed by atoms with Crippen molar-refractivity contribution in [1.82, 2.24) is 0 Å². The summed E-state index contributed by atoms with van der Waals surface area (Å²) in [4.78, 5) is -0.0373. The minimum Gasteiger partial charge on any atom is -0.395 e. The van der Waals surface area contributed by atoms with E-state index in [1.807, 2.05) is 0 Å². The van der Waals surface area contributed by atoms with Crippen molar-refractivity contribution in [2.75, 3.05) is 5.75 Å². The smallest absolute Gasteiger partial charge is 0.395 e. The highest BCUT2D eigenvalue weighted by atomic mass is 35.5. The molecular weight excluding hydrogens is 403 g/mol. The minimum absolute atomic E-state index is 0.0373. The molecule has 3 rings (SSSR count). The molecule has 0 aliphatic carbocycles. The molecule has 1 aliphatic rings. The quantitative estimate of drug-likeness (QED) is 0.641. The fraction of sp³-hybridized carbons (Fsp3) is 0.250. The first-order chi connectivity index (χ1) is 12.0. The third-order valence-corrected chi connectivity index (χ3v) is 5.35. The van der Waals surface area contributed by atoms with Crippen LogP contribution in [0, 0.1) is 6.92 Å². The van der Waals surface area contributed by atoms with Gasteiger partial charge in [-0.1, -0.05) is 17.7 Å². The van der Waals surface area contributed by atoms with Gasteiger partial charge < -0.3 is 9.47 Å². The fourth-order valence-electron chi connectivity index (χ4n) is 2.46. The summed E-state index contributed by atoms with van der Waals surface area (Å²) in [7, 11) is -2.33. The van der Waals surface area contributed by atoms with Gasteiger partial charge in [0, 0.05) is 15.5 Å². The maximum absolute atomic E-state index is 13.1. The molecule has 3 nitrogen and oxygen atoms in total. The topological polar surface area (TPSA) is 35.5 Å². The molecule has 1 aliphatic heterocycles. The van der Waals surface area contributed by atoms with Gasteiger partial charge in [0.1, 0.15) is 5.75 Å². The van der Waals surface area contributed by atoms with Crippen LogP contribution < -0.4 is 9.47 Å². The zero-order valence-electron chi connectivity index (χ0n) is 13.0. The summed E-state index contributed by atoms with van der Waals surface area (Å²) in [6.07, 6.45) is -8.39. The molecule has 2 aromatic carbocycles. The average molecular weight is 413 g/mol. The van der Waals surface area contributed by atoms with Crippen LogP contribution in [0.1, 0.15) is 5.56 Å². The molecule has 0 saturated heterocycles. The molecule has 2 aromatic rings. The van der Waals surface area contributed by atoms with Crippen molar-refractivity contribution in [3.8, 4) is 22.6 Å². The lowest BCUT2D eigenvalue weighted by Gasteiger charge is -2.13. The van der Waals surface area contributed by atoms with Crippen LogP contribution in [0.25, 0.3) is 11.1 Å². The molecule has 1 unspecified atom stereocenters. The van der Waals surface area contributed by atoms with Crippen molar-refractivity contribution in [1.29, 1.82) is 0 Å². The second-order valence-electron chi connectivity index (χ2n) is 5.53. The van der Waals surface area contributed by atoms with Crippen LogP contribution in [0.4, 0.5) is 22.0 Å². The molecule has 0 bridgehead atoms. The van der Waals surface area contributed by atoms with E-state index in [4.69, 9.17) is 11.6 Å². The highest BCUT2D eigenvalue weighted by Gasteiger charge is 2.43. The zero-order chi connectivity index (χ0) is 19.3. The Hall–Kier alpha value is -1.87. The van der Waals surface area contributed by atoms with Crippen LogP contribution >= 0.6 is 11.6 Å². The molecule has 140 valence electrons. The lowest BCUT2D eigenvalue weighted by atomic mass is 10.0. The molecule has 0 radical (unpaired) electrons. The molecule has 0 saturated carbocycles. The fourth-order valence-corrected chi connectivity index (χ4v) is 3.91. The Labute approximate surface area is 152 Å². The zero-order valence-corrected chi connectivity index (χ0v) is 14.6. The second kappa shape index (κ2) is 6.38. The number of hydrogen-bond donors (Lipinski definition) is 0. The summed E-state index contributed by atoms with van der Waals surface area (Å²) in [6.45, 7) is 1.49. The molecule has 26 heavy (non-hydrogen) atoms. The van der Waals surface area contributed by atoms with Crippen molar-refractivity contribution < 1.29 is 35.6 Å². The van der Waals surface area contributed by atoms with E-state index in [1.165, 1.54) is 37.3 Å². The van der Waals surface area contributed by atoms with Crippen molar-refractivity contribution in [3.63, 3.8) is 0 Å². The Morgan fingerprint density at radius 2 is 1.77 bits per heavy atom. The minimum atomic E-state index is -4.60. The molecular formula is C16H10ClF5O3S. The SMILES string of the molecule is Cc1cc(Cl)c(-c2ccc3c(c2)OC(F)(F)O3)cc1S(=O)CC(F)(F)F. The van der Waals surface area contributed by atoms with Crippen molar-refractivity contribution in [3.05, 3.63) is 40.9 Å². The van der Waals surface area contributed by atoms with Crippen LogP contribution in [0.2, 0.25) is 5.02 Å². The Kier molecular flexibility index (Phi) is 4.64. The van der Waals surface area contributed by atoms with Gasteiger partial charge in [0.25, 0.3) is 0 Å². The van der Waals surface area contributed by atoms with E-state index < -0.39 is 29.0 Å². The molecule has 0 N–H and O–H groups in total. The molecule has 0 amide bonds. The number of ether oxygens (including phenoxy) is 2. The van der Waals surface area contributed by atoms with E-state index in [1.54, 1.807) is 0 Å².